The van der Waals surface area contributed by atoms with Crippen molar-refractivity contribution in [2.75, 3.05) is 0 Å². The zero-order chi connectivity index (χ0) is 24.9. The minimum Gasteiger partial charge on any atom is -0.0616 e. The van der Waals surface area contributed by atoms with Gasteiger partial charge in [0.1, 0.15) is 16.1 Å². The number of hydrogen-bond donors (Lipinski definition) is 0. The number of halogens is 4. The summed E-state index contributed by atoms with van der Waals surface area (Å²) in [5.41, 5.74) is 0. The molecule has 176 valence electrons. The molecule has 0 heterocycles. The molecule has 0 atom stereocenters. The van der Waals surface area contributed by atoms with E-state index in [-0.39, 0.29) is 0 Å². The maximum absolute atomic E-state index is 3.49. The van der Waals surface area contributed by atoms with Crippen LogP contribution in [0.2, 0.25) is 26.2 Å². The van der Waals surface area contributed by atoms with Crippen molar-refractivity contribution in [3.05, 3.63) is 115 Å². The molecule has 0 bridgehead atoms. The van der Waals surface area contributed by atoms with Crippen LogP contribution in [0.25, 0.3) is 0 Å². The van der Waals surface area contributed by atoms with Gasteiger partial charge in [-0.2, -0.15) is 0 Å². The van der Waals surface area contributed by atoms with Crippen LogP contribution in [0.1, 0.15) is 0 Å². The van der Waals surface area contributed by atoms with E-state index in [9.17, 15) is 0 Å². The molecule has 34 heavy (non-hydrogen) atoms. The first-order chi connectivity index (χ1) is 16.0. The lowest BCUT2D eigenvalue weighted by Gasteiger charge is -2.23. The standard InChI is InChI=1S/2C14H14Br2Si/c2*1-17(2,13-7-3-11(15)4-8-13)14-9-5-12(16)6-10-14/h2*3-10H,1-2H3. The number of rotatable bonds is 4. The fourth-order valence-corrected chi connectivity index (χ4v) is 9.52. The van der Waals surface area contributed by atoms with Crippen LogP contribution in [0.4, 0.5) is 0 Å². The number of hydrogen-bond acceptors (Lipinski definition) is 0. The molecule has 4 aromatic carbocycles. The third-order valence-electron chi connectivity index (χ3n) is 6.26. The Labute approximate surface area is 239 Å². The highest BCUT2D eigenvalue weighted by molar-refractivity contribution is 9.11. The summed E-state index contributed by atoms with van der Waals surface area (Å²) < 4.78 is 4.56. The van der Waals surface area contributed by atoms with Crippen LogP contribution in [-0.2, 0) is 0 Å². The molecule has 0 unspecified atom stereocenters. The van der Waals surface area contributed by atoms with Crippen molar-refractivity contribution in [3.63, 3.8) is 0 Å². The second kappa shape index (κ2) is 12.0. The van der Waals surface area contributed by atoms with Crippen molar-refractivity contribution in [1.29, 1.82) is 0 Å². The van der Waals surface area contributed by atoms with Gasteiger partial charge in [-0.25, -0.2) is 0 Å². The van der Waals surface area contributed by atoms with E-state index in [1.165, 1.54) is 20.7 Å². The molecule has 0 aliphatic heterocycles. The Balaban J connectivity index is 0.000000191. The third-order valence-corrected chi connectivity index (χ3v) is 15.5. The first-order valence-corrected chi connectivity index (χ1v) is 20.2. The van der Waals surface area contributed by atoms with Crippen LogP contribution in [0.5, 0.6) is 0 Å². The molecule has 0 aliphatic carbocycles. The minimum absolute atomic E-state index is 1.14. The van der Waals surface area contributed by atoms with Crippen molar-refractivity contribution >= 4 is 101 Å². The van der Waals surface area contributed by atoms with Crippen LogP contribution in [0.15, 0.2) is 115 Å². The summed E-state index contributed by atoms with van der Waals surface area (Å²) in [6.45, 7) is 9.55. The summed E-state index contributed by atoms with van der Waals surface area (Å²) in [4.78, 5) is 0. The molecule has 6 heteroatoms. The molecule has 4 rings (SSSR count). The smallest absolute Gasteiger partial charge is 0.0616 e. The van der Waals surface area contributed by atoms with Gasteiger partial charge in [-0.15, -0.1) is 0 Å². The normalized spacial score (nSPS) is 11.5. The summed E-state index contributed by atoms with van der Waals surface area (Å²) in [6.07, 6.45) is 0. The van der Waals surface area contributed by atoms with Gasteiger partial charge in [-0.05, 0) is 48.5 Å². The summed E-state index contributed by atoms with van der Waals surface area (Å²) in [6, 6.07) is 34.9. The molecule has 0 nitrogen and oxygen atoms in total. The first kappa shape index (κ1) is 27.8. The van der Waals surface area contributed by atoms with Crippen LogP contribution in [0.3, 0.4) is 0 Å². The highest BCUT2D eigenvalue weighted by Crippen LogP contribution is 2.14. The van der Waals surface area contributed by atoms with E-state index in [2.05, 4.69) is 187 Å². The molecule has 0 N–H and O–H groups in total. The highest BCUT2D eigenvalue weighted by atomic mass is 79.9. The van der Waals surface area contributed by atoms with E-state index in [1.807, 2.05) is 0 Å². The van der Waals surface area contributed by atoms with E-state index < -0.39 is 16.1 Å². The largest absolute Gasteiger partial charge is 0.112 e. The van der Waals surface area contributed by atoms with Crippen molar-refractivity contribution in [3.8, 4) is 0 Å². The van der Waals surface area contributed by atoms with Crippen LogP contribution in [-0.4, -0.2) is 16.1 Å². The monoisotopic (exact) mass is 736 g/mol. The van der Waals surface area contributed by atoms with Gasteiger partial charge in [0.15, 0.2) is 0 Å². The summed E-state index contributed by atoms with van der Waals surface area (Å²) in [7, 11) is -3.09. The van der Waals surface area contributed by atoms with Gasteiger partial charge in [-0.3, -0.25) is 0 Å². The van der Waals surface area contributed by atoms with E-state index in [0.717, 1.165) is 17.9 Å². The van der Waals surface area contributed by atoms with Crippen LogP contribution in [0, 0.1) is 0 Å². The molecule has 0 aliphatic rings. The van der Waals surface area contributed by atoms with Crippen LogP contribution >= 0.6 is 63.7 Å². The molecular formula is C28H28Br4Si2. The van der Waals surface area contributed by atoms with E-state index >= 15 is 0 Å². The lowest BCUT2D eigenvalue weighted by atomic mass is 10.4. The lowest BCUT2D eigenvalue weighted by molar-refractivity contribution is 1.63. The maximum atomic E-state index is 3.49. The first-order valence-electron chi connectivity index (χ1n) is 11.0. The average Bonchev–Trinajstić information content (AvgIpc) is 2.81. The molecule has 0 spiro atoms. The lowest BCUT2D eigenvalue weighted by Crippen LogP contribution is -2.52. The Morgan fingerprint density at radius 3 is 0.618 bits per heavy atom. The quantitative estimate of drug-likeness (QED) is 0.186. The predicted octanol–water partition coefficient (Wildman–Crippen LogP) is 8.07. The number of benzene rings is 4. The van der Waals surface area contributed by atoms with Gasteiger partial charge in [0.2, 0.25) is 0 Å². The van der Waals surface area contributed by atoms with Crippen molar-refractivity contribution in [2.24, 2.45) is 0 Å². The second-order valence-corrected chi connectivity index (χ2v) is 21.7. The van der Waals surface area contributed by atoms with Crippen molar-refractivity contribution in [2.45, 2.75) is 26.2 Å². The minimum atomic E-state index is -1.54. The third kappa shape index (κ3) is 7.14. The maximum Gasteiger partial charge on any atom is 0.112 e. The fourth-order valence-electron chi connectivity index (χ4n) is 3.80. The van der Waals surface area contributed by atoms with Gasteiger partial charge in [0.25, 0.3) is 0 Å². The second-order valence-electron chi connectivity index (χ2n) is 9.28. The molecule has 0 aromatic heterocycles. The Hall–Kier alpha value is -0.766. The van der Waals surface area contributed by atoms with Crippen LogP contribution < -0.4 is 20.7 Å². The average molecular weight is 740 g/mol. The van der Waals surface area contributed by atoms with Gasteiger partial charge >= 0.3 is 0 Å². The molecule has 0 saturated carbocycles. The highest BCUT2D eigenvalue weighted by Gasteiger charge is 2.26. The molecule has 0 amide bonds. The van der Waals surface area contributed by atoms with Gasteiger partial charge in [0, 0.05) is 17.9 Å². The summed E-state index contributed by atoms with van der Waals surface area (Å²) >= 11 is 13.9. The zero-order valence-electron chi connectivity index (χ0n) is 19.7. The Bertz CT molecular complexity index is 1010. The SMILES string of the molecule is C[Si](C)(c1ccc(Br)cc1)c1ccc(Br)cc1.C[Si](C)(c1ccc(Br)cc1)c1ccc(Br)cc1. The molecular weight excluding hydrogens is 712 g/mol. The van der Waals surface area contributed by atoms with Gasteiger partial charge < -0.3 is 0 Å². The Morgan fingerprint density at radius 2 is 0.471 bits per heavy atom. The zero-order valence-corrected chi connectivity index (χ0v) is 28.1. The molecule has 0 fully saturated rings. The predicted molar refractivity (Wildman–Crippen MR) is 170 cm³/mol. The molecule has 0 radical (unpaired) electrons. The summed E-state index contributed by atoms with van der Waals surface area (Å²) in [5, 5.41) is 5.84. The van der Waals surface area contributed by atoms with E-state index in [4.69, 9.17) is 0 Å². The Morgan fingerprint density at radius 1 is 0.324 bits per heavy atom. The molecule has 0 saturated heterocycles. The van der Waals surface area contributed by atoms with Crippen molar-refractivity contribution in [1.82, 2.24) is 0 Å². The van der Waals surface area contributed by atoms with Gasteiger partial charge in [0.05, 0.1) is 0 Å². The fraction of sp³-hybridized carbons (Fsp3) is 0.143. The van der Waals surface area contributed by atoms with E-state index in [0.29, 0.717) is 0 Å². The molecule has 4 aromatic rings. The topological polar surface area (TPSA) is 0 Å². The van der Waals surface area contributed by atoms with E-state index in [1.54, 1.807) is 0 Å². The Kier molecular flexibility index (Phi) is 9.80. The van der Waals surface area contributed by atoms with Gasteiger partial charge in [-0.1, -0.05) is 159 Å². The summed E-state index contributed by atoms with van der Waals surface area (Å²) in [5.74, 6) is 0. The van der Waals surface area contributed by atoms with Crippen molar-refractivity contribution < 1.29 is 0 Å².